The Bertz CT molecular complexity index is 379. The monoisotopic (exact) mass is 313 g/mol. The molecular weight excluding hydrogens is 281 g/mol. The molecule has 0 aliphatic heterocycles. The van der Waals surface area contributed by atoms with E-state index in [1.54, 1.807) is 0 Å². The molecule has 0 amide bonds. The molecule has 6 heteroatoms. The third kappa shape index (κ3) is 4.03. The van der Waals surface area contributed by atoms with Gasteiger partial charge in [0.25, 0.3) is 0 Å². The largest absolute Gasteiger partial charge is 0.480 e. The van der Waals surface area contributed by atoms with Crippen LogP contribution in [-0.4, -0.2) is 33.8 Å². The lowest BCUT2D eigenvalue weighted by Gasteiger charge is -2.34. The van der Waals surface area contributed by atoms with E-state index in [1.165, 1.54) is 0 Å². The van der Waals surface area contributed by atoms with E-state index in [2.05, 4.69) is 20.8 Å². The minimum atomic E-state index is -1.33. The lowest BCUT2D eigenvalue weighted by Crippen LogP contribution is -2.52. The molecule has 0 heterocycles. The second-order valence-electron chi connectivity index (χ2n) is 7.30. The third-order valence-electron chi connectivity index (χ3n) is 5.79. The molecule has 1 aliphatic rings. The van der Waals surface area contributed by atoms with E-state index in [4.69, 9.17) is 15.8 Å². The minimum absolute atomic E-state index is 0.0508. The summed E-state index contributed by atoms with van der Waals surface area (Å²) in [5.74, 6) is -0.727. The number of carbonyl (C=O) groups is 1. The van der Waals surface area contributed by atoms with E-state index in [9.17, 15) is 9.90 Å². The lowest BCUT2D eigenvalue weighted by atomic mass is 9.70. The molecule has 1 rings (SSSR count). The Hall–Kier alpha value is -0.585. The van der Waals surface area contributed by atoms with Gasteiger partial charge in [-0.3, -0.25) is 4.79 Å². The Morgan fingerprint density at radius 2 is 1.82 bits per heavy atom. The zero-order chi connectivity index (χ0) is 17.0. The first-order valence-electron chi connectivity index (χ1n) is 8.59. The number of carboxylic acids is 1. The van der Waals surface area contributed by atoms with Gasteiger partial charge in [-0.2, -0.15) is 0 Å². The second kappa shape index (κ2) is 7.80. The van der Waals surface area contributed by atoms with Crippen molar-refractivity contribution in [2.75, 3.05) is 0 Å². The number of rotatable bonds is 9. The molecule has 1 fully saturated rings. The van der Waals surface area contributed by atoms with E-state index >= 15 is 0 Å². The average Bonchev–Trinajstić information content (AvgIpc) is 2.66. The molecule has 0 aromatic rings. The summed E-state index contributed by atoms with van der Waals surface area (Å²) in [6.07, 6.45) is 6.10. The van der Waals surface area contributed by atoms with Crippen molar-refractivity contribution >= 4 is 13.1 Å². The Labute approximate surface area is 134 Å². The summed E-state index contributed by atoms with van der Waals surface area (Å²) in [6, 6.07) is 0. The predicted octanol–water partition coefficient (Wildman–Crippen LogP) is 2.26. The summed E-state index contributed by atoms with van der Waals surface area (Å²) in [6.45, 7) is 6.42. The summed E-state index contributed by atoms with van der Waals surface area (Å²) in [7, 11) is -1.33. The smallest absolute Gasteiger partial charge is 0.451 e. The maximum Gasteiger partial charge on any atom is 0.451 e. The Morgan fingerprint density at radius 3 is 2.27 bits per heavy atom. The molecule has 0 bridgehead atoms. The van der Waals surface area contributed by atoms with Crippen LogP contribution in [0.15, 0.2) is 0 Å². The highest BCUT2D eigenvalue weighted by Crippen LogP contribution is 2.56. The molecule has 22 heavy (non-hydrogen) atoms. The topological polar surface area (TPSA) is 104 Å². The molecule has 1 saturated carbocycles. The van der Waals surface area contributed by atoms with Crippen molar-refractivity contribution < 1.29 is 19.9 Å². The fraction of sp³-hybridized carbons (Fsp3) is 0.938. The van der Waals surface area contributed by atoms with Gasteiger partial charge in [0.2, 0.25) is 0 Å². The Morgan fingerprint density at radius 1 is 1.23 bits per heavy atom. The molecule has 128 valence electrons. The molecule has 4 unspecified atom stereocenters. The number of hydrogen-bond donors (Lipinski definition) is 4. The van der Waals surface area contributed by atoms with Crippen molar-refractivity contribution in [3.05, 3.63) is 0 Å². The van der Waals surface area contributed by atoms with E-state index in [-0.39, 0.29) is 23.6 Å². The fourth-order valence-electron chi connectivity index (χ4n) is 4.35. The first-order chi connectivity index (χ1) is 10.2. The highest BCUT2D eigenvalue weighted by Gasteiger charge is 2.59. The molecule has 0 saturated heterocycles. The summed E-state index contributed by atoms with van der Waals surface area (Å²) < 4.78 is 0. The molecule has 5 nitrogen and oxygen atoms in total. The SMILES string of the molecule is CCCCC1C(CCCB(O)O)C(N)(C(=O)O)CC1(C)CC. The number of aliphatic carboxylic acids is 1. The molecule has 0 aromatic heterocycles. The van der Waals surface area contributed by atoms with Crippen LogP contribution < -0.4 is 5.73 Å². The molecule has 0 spiro atoms. The van der Waals surface area contributed by atoms with Crippen LogP contribution >= 0.6 is 0 Å². The normalized spacial score (nSPS) is 34.8. The van der Waals surface area contributed by atoms with Gasteiger partial charge in [-0.1, -0.05) is 46.5 Å². The number of carboxylic acid groups (broad SMARTS) is 1. The predicted molar refractivity (Wildman–Crippen MR) is 88.3 cm³/mol. The maximum absolute atomic E-state index is 11.8. The van der Waals surface area contributed by atoms with Crippen LogP contribution in [0.5, 0.6) is 0 Å². The first-order valence-corrected chi connectivity index (χ1v) is 8.59. The zero-order valence-electron chi connectivity index (χ0n) is 14.2. The van der Waals surface area contributed by atoms with E-state index in [0.717, 1.165) is 25.7 Å². The second-order valence-corrected chi connectivity index (χ2v) is 7.30. The van der Waals surface area contributed by atoms with Crippen molar-refractivity contribution in [1.29, 1.82) is 0 Å². The average molecular weight is 313 g/mol. The first kappa shape index (κ1) is 19.5. The third-order valence-corrected chi connectivity index (χ3v) is 5.79. The minimum Gasteiger partial charge on any atom is -0.480 e. The van der Waals surface area contributed by atoms with E-state index in [0.29, 0.717) is 19.3 Å². The van der Waals surface area contributed by atoms with Gasteiger partial charge in [-0.25, -0.2) is 0 Å². The number of hydrogen-bond acceptors (Lipinski definition) is 4. The van der Waals surface area contributed by atoms with Crippen LogP contribution in [-0.2, 0) is 4.79 Å². The fourth-order valence-corrected chi connectivity index (χ4v) is 4.35. The van der Waals surface area contributed by atoms with Gasteiger partial charge in [0.1, 0.15) is 5.54 Å². The van der Waals surface area contributed by atoms with Crippen LogP contribution in [0, 0.1) is 17.3 Å². The molecule has 0 radical (unpaired) electrons. The highest BCUT2D eigenvalue weighted by atomic mass is 16.4. The van der Waals surface area contributed by atoms with E-state index in [1.807, 2.05) is 0 Å². The maximum atomic E-state index is 11.8. The van der Waals surface area contributed by atoms with Crippen LogP contribution in [0.4, 0.5) is 0 Å². The number of unbranched alkanes of at least 4 members (excludes halogenated alkanes) is 1. The van der Waals surface area contributed by atoms with Crippen LogP contribution in [0.1, 0.15) is 65.7 Å². The van der Waals surface area contributed by atoms with Crippen molar-refractivity contribution in [3.8, 4) is 0 Å². The van der Waals surface area contributed by atoms with Crippen molar-refractivity contribution in [2.24, 2.45) is 23.0 Å². The van der Waals surface area contributed by atoms with Crippen LogP contribution in [0.2, 0.25) is 6.32 Å². The quantitative estimate of drug-likeness (QED) is 0.489. The number of nitrogens with two attached hydrogens (primary N) is 1. The Kier molecular flexibility index (Phi) is 6.90. The van der Waals surface area contributed by atoms with E-state index < -0.39 is 18.6 Å². The van der Waals surface area contributed by atoms with Gasteiger partial charge in [-0.05, 0) is 42.8 Å². The molecule has 0 aromatic carbocycles. The molecular formula is C16H32BNO4. The van der Waals surface area contributed by atoms with Crippen molar-refractivity contribution in [3.63, 3.8) is 0 Å². The summed E-state index contributed by atoms with van der Waals surface area (Å²) in [5.41, 5.74) is 5.11. The standard InChI is InChI=1S/C16H32BNO4/c1-4-6-8-12-13(9-7-10-17(21)22)16(18,14(19)20)11-15(12,3)5-2/h12-13,21-22H,4-11,18H2,1-3H3,(H,19,20). The molecule has 1 aliphatic carbocycles. The van der Waals surface area contributed by atoms with Gasteiger partial charge in [0.15, 0.2) is 0 Å². The van der Waals surface area contributed by atoms with Gasteiger partial charge < -0.3 is 20.9 Å². The molecule has 5 N–H and O–H groups in total. The summed E-state index contributed by atoms with van der Waals surface area (Å²) in [5, 5.41) is 27.8. The Balaban J connectivity index is 3.00. The van der Waals surface area contributed by atoms with Crippen LogP contribution in [0.3, 0.4) is 0 Å². The van der Waals surface area contributed by atoms with Crippen molar-refractivity contribution in [2.45, 2.75) is 77.6 Å². The van der Waals surface area contributed by atoms with Gasteiger partial charge >= 0.3 is 13.1 Å². The zero-order valence-corrected chi connectivity index (χ0v) is 14.2. The molecule has 4 atom stereocenters. The van der Waals surface area contributed by atoms with Gasteiger partial charge in [0.05, 0.1) is 0 Å². The van der Waals surface area contributed by atoms with Crippen LogP contribution in [0.25, 0.3) is 0 Å². The summed E-state index contributed by atoms with van der Waals surface area (Å²) >= 11 is 0. The lowest BCUT2D eigenvalue weighted by molar-refractivity contribution is -0.145. The van der Waals surface area contributed by atoms with Crippen molar-refractivity contribution in [1.82, 2.24) is 0 Å². The van der Waals surface area contributed by atoms with Gasteiger partial charge in [0, 0.05) is 0 Å². The summed E-state index contributed by atoms with van der Waals surface area (Å²) in [4.78, 5) is 11.8. The highest BCUT2D eigenvalue weighted by molar-refractivity contribution is 6.40. The van der Waals surface area contributed by atoms with Gasteiger partial charge in [-0.15, -0.1) is 0 Å².